The SMILES string of the molecule is CCc1ccc(OCc2nc3ccccc3n2CC(=O)N(Cc2ccccc2)C(C)C)cc1. The molecule has 1 aromatic heterocycles. The van der Waals surface area contributed by atoms with Crippen molar-refractivity contribution in [1.29, 1.82) is 0 Å². The highest BCUT2D eigenvalue weighted by Crippen LogP contribution is 2.20. The lowest BCUT2D eigenvalue weighted by atomic mass is 10.2. The van der Waals surface area contributed by atoms with Crippen molar-refractivity contribution in [2.45, 2.75) is 52.9 Å². The van der Waals surface area contributed by atoms with Gasteiger partial charge in [0.25, 0.3) is 0 Å². The zero-order valence-corrected chi connectivity index (χ0v) is 19.6. The molecule has 0 unspecified atom stereocenters. The van der Waals surface area contributed by atoms with Gasteiger partial charge in [-0.3, -0.25) is 4.79 Å². The van der Waals surface area contributed by atoms with Crippen molar-refractivity contribution in [1.82, 2.24) is 14.5 Å². The molecule has 0 aliphatic carbocycles. The molecule has 0 saturated carbocycles. The Kier molecular flexibility index (Phi) is 7.08. The lowest BCUT2D eigenvalue weighted by molar-refractivity contribution is -0.134. The van der Waals surface area contributed by atoms with Gasteiger partial charge in [-0.2, -0.15) is 0 Å². The minimum Gasteiger partial charge on any atom is -0.486 e. The molecule has 1 amide bonds. The molecule has 0 N–H and O–H groups in total. The third-order valence-corrected chi connectivity index (χ3v) is 5.87. The quantitative estimate of drug-likeness (QED) is 0.339. The zero-order chi connectivity index (χ0) is 23.2. The Bertz CT molecular complexity index is 1200. The molecule has 170 valence electrons. The highest BCUT2D eigenvalue weighted by Gasteiger charge is 2.21. The van der Waals surface area contributed by atoms with E-state index in [9.17, 15) is 4.79 Å². The van der Waals surface area contributed by atoms with Gasteiger partial charge in [0, 0.05) is 12.6 Å². The first kappa shape index (κ1) is 22.6. The maximum absolute atomic E-state index is 13.4. The molecule has 0 spiro atoms. The van der Waals surface area contributed by atoms with Crippen molar-refractivity contribution in [2.75, 3.05) is 0 Å². The summed E-state index contributed by atoms with van der Waals surface area (Å²) in [5.41, 5.74) is 4.19. The highest BCUT2D eigenvalue weighted by molar-refractivity contribution is 5.81. The van der Waals surface area contributed by atoms with E-state index in [2.05, 4.69) is 45.0 Å². The molecule has 1 heterocycles. The van der Waals surface area contributed by atoms with Crippen LogP contribution in [0.3, 0.4) is 0 Å². The molecule has 0 fully saturated rings. The second-order valence-electron chi connectivity index (χ2n) is 8.49. The molecule has 5 heteroatoms. The average molecular weight is 442 g/mol. The Morgan fingerprint density at radius 1 is 0.939 bits per heavy atom. The van der Waals surface area contributed by atoms with Gasteiger partial charge in [-0.1, -0.05) is 61.5 Å². The Labute approximate surface area is 195 Å². The first-order valence-electron chi connectivity index (χ1n) is 11.5. The van der Waals surface area contributed by atoms with Gasteiger partial charge in [0.1, 0.15) is 24.7 Å². The topological polar surface area (TPSA) is 47.4 Å². The number of hydrogen-bond acceptors (Lipinski definition) is 3. The van der Waals surface area contributed by atoms with Crippen LogP contribution >= 0.6 is 0 Å². The largest absolute Gasteiger partial charge is 0.486 e. The fourth-order valence-electron chi connectivity index (χ4n) is 3.95. The Balaban J connectivity index is 1.56. The van der Waals surface area contributed by atoms with Crippen LogP contribution in [0.5, 0.6) is 5.75 Å². The van der Waals surface area contributed by atoms with Crippen LogP contribution in [0.15, 0.2) is 78.9 Å². The minimum atomic E-state index is 0.0607. The molecule has 5 nitrogen and oxygen atoms in total. The van der Waals surface area contributed by atoms with Gasteiger partial charge in [0.15, 0.2) is 0 Å². The molecule has 4 rings (SSSR count). The van der Waals surface area contributed by atoms with Gasteiger partial charge in [-0.05, 0) is 55.7 Å². The number of carbonyl (C=O) groups excluding carboxylic acids is 1. The summed E-state index contributed by atoms with van der Waals surface area (Å²) in [5.74, 6) is 1.60. The summed E-state index contributed by atoms with van der Waals surface area (Å²) in [7, 11) is 0. The Morgan fingerprint density at radius 2 is 1.64 bits per heavy atom. The minimum absolute atomic E-state index is 0.0607. The van der Waals surface area contributed by atoms with Crippen molar-refractivity contribution >= 4 is 16.9 Å². The lowest BCUT2D eigenvalue weighted by Gasteiger charge is -2.27. The van der Waals surface area contributed by atoms with Crippen LogP contribution in [0.25, 0.3) is 11.0 Å². The van der Waals surface area contributed by atoms with Crippen LogP contribution in [-0.2, 0) is 30.9 Å². The average Bonchev–Trinajstić information content (AvgIpc) is 3.19. The maximum Gasteiger partial charge on any atom is 0.243 e. The van der Waals surface area contributed by atoms with E-state index in [0.717, 1.165) is 34.6 Å². The number of aromatic nitrogens is 2. The number of fused-ring (bicyclic) bond motifs is 1. The number of benzene rings is 3. The molecule has 0 aliphatic rings. The maximum atomic E-state index is 13.4. The van der Waals surface area contributed by atoms with E-state index in [1.54, 1.807) is 0 Å². The smallest absolute Gasteiger partial charge is 0.243 e. The number of ether oxygens (including phenoxy) is 1. The van der Waals surface area contributed by atoms with Crippen LogP contribution in [0.4, 0.5) is 0 Å². The number of hydrogen-bond donors (Lipinski definition) is 0. The van der Waals surface area contributed by atoms with Gasteiger partial charge in [-0.25, -0.2) is 4.98 Å². The van der Waals surface area contributed by atoms with Gasteiger partial charge in [0.2, 0.25) is 5.91 Å². The van der Waals surface area contributed by atoms with Crippen LogP contribution in [-0.4, -0.2) is 26.4 Å². The summed E-state index contributed by atoms with van der Waals surface area (Å²) in [6.07, 6.45) is 0.994. The highest BCUT2D eigenvalue weighted by atomic mass is 16.5. The predicted molar refractivity (Wildman–Crippen MR) is 132 cm³/mol. The van der Waals surface area contributed by atoms with Crippen LogP contribution in [0.1, 0.15) is 37.7 Å². The summed E-state index contributed by atoms with van der Waals surface area (Å²) < 4.78 is 8.02. The Hall–Kier alpha value is -3.60. The third-order valence-electron chi connectivity index (χ3n) is 5.87. The second kappa shape index (κ2) is 10.3. The molecular formula is C28H31N3O2. The van der Waals surface area contributed by atoms with E-state index < -0.39 is 0 Å². The van der Waals surface area contributed by atoms with E-state index in [1.807, 2.05) is 64.1 Å². The number of para-hydroxylation sites is 2. The monoisotopic (exact) mass is 441 g/mol. The van der Waals surface area contributed by atoms with E-state index in [1.165, 1.54) is 5.56 Å². The fourth-order valence-corrected chi connectivity index (χ4v) is 3.95. The van der Waals surface area contributed by atoms with Crippen molar-refractivity contribution in [3.05, 3.63) is 95.8 Å². The molecule has 0 saturated heterocycles. The second-order valence-corrected chi connectivity index (χ2v) is 8.49. The molecule has 0 atom stereocenters. The van der Waals surface area contributed by atoms with E-state index in [-0.39, 0.29) is 18.5 Å². The van der Waals surface area contributed by atoms with Gasteiger partial charge in [0.05, 0.1) is 11.0 Å². The molecule has 33 heavy (non-hydrogen) atoms. The fraction of sp³-hybridized carbons (Fsp3) is 0.286. The molecule has 0 radical (unpaired) electrons. The number of rotatable bonds is 9. The van der Waals surface area contributed by atoms with E-state index in [4.69, 9.17) is 9.72 Å². The molecule has 4 aromatic rings. The first-order valence-corrected chi connectivity index (χ1v) is 11.5. The van der Waals surface area contributed by atoms with Crippen molar-refractivity contribution in [3.8, 4) is 5.75 Å². The molecule has 0 aliphatic heterocycles. The summed E-state index contributed by atoms with van der Waals surface area (Å²) in [4.78, 5) is 20.1. The number of carbonyl (C=O) groups is 1. The summed E-state index contributed by atoms with van der Waals surface area (Å²) in [6, 6.07) is 26.2. The lowest BCUT2D eigenvalue weighted by Crippen LogP contribution is -2.38. The predicted octanol–water partition coefficient (Wildman–Crippen LogP) is 5.61. The van der Waals surface area contributed by atoms with Gasteiger partial charge >= 0.3 is 0 Å². The van der Waals surface area contributed by atoms with Crippen molar-refractivity contribution in [2.24, 2.45) is 0 Å². The van der Waals surface area contributed by atoms with Crippen molar-refractivity contribution in [3.63, 3.8) is 0 Å². The zero-order valence-electron chi connectivity index (χ0n) is 19.6. The van der Waals surface area contributed by atoms with Crippen LogP contribution < -0.4 is 4.74 Å². The van der Waals surface area contributed by atoms with Crippen LogP contribution in [0.2, 0.25) is 0 Å². The molecule has 3 aromatic carbocycles. The summed E-state index contributed by atoms with van der Waals surface area (Å²) in [5, 5.41) is 0. The van der Waals surface area contributed by atoms with Crippen molar-refractivity contribution < 1.29 is 9.53 Å². The van der Waals surface area contributed by atoms with Crippen LogP contribution in [0, 0.1) is 0 Å². The normalized spacial score (nSPS) is 11.2. The third kappa shape index (κ3) is 5.43. The van der Waals surface area contributed by atoms with Gasteiger partial charge < -0.3 is 14.2 Å². The number of amides is 1. The summed E-state index contributed by atoms with van der Waals surface area (Å²) >= 11 is 0. The Morgan fingerprint density at radius 3 is 2.33 bits per heavy atom. The molecular weight excluding hydrogens is 410 g/mol. The number of nitrogens with zero attached hydrogens (tertiary/aromatic N) is 3. The van der Waals surface area contributed by atoms with E-state index in [0.29, 0.717) is 13.2 Å². The standard InChI is InChI=1S/C28H31N3O2/c1-4-22-14-16-24(17-15-22)33-20-27-29-25-12-8-9-13-26(25)31(27)19-28(32)30(21(2)3)18-23-10-6-5-7-11-23/h5-17,21H,4,18-20H2,1-3H3. The first-order chi connectivity index (χ1) is 16.0. The number of imidazole rings is 1. The number of aryl methyl sites for hydroxylation is 1. The van der Waals surface area contributed by atoms with E-state index >= 15 is 0 Å². The van der Waals surface area contributed by atoms with Gasteiger partial charge in [-0.15, -0.1) is 0 Å². The summed E-state index contributed by atoms with van der Waals surface area (Å²) in [6.45, 7) is 7.34. The molecule has 0 bridgehead atoms.